The van der Waals surface area contributed by atoms with Crippen LogP contribution in [0.15, 0.2) is 24.4 Å². The highest BCUT2D eigenvalue weighted by Crippen LogP contribution is 2.29. The Kier molecular flexibility index (Phi) is 5.13. The molecule has 96 valence electrons. The Morgan fingerprint density at radius 1 is 1.50 bits per heavy atom. The smallest absolute Gasteiger partial charge is 0.293 e. The average Bonchev–Trinajstić information content (AvgIpc) is 2.80. The van der Waals surface area contributed by atoms with Crippen molar-refractivity contribution in [1.29, 1.82) is 0 Å². The number of carbonyl (C=O) groups is 1. The number of fused-ring (bicyclic) bond motifs is 1. The fourth-order valence-electron chi connectivity index (χ4n) is 1.33. The predicted octanol–water partition coefficient (Wildman–Crippen LogP) is 2.91. The van der Waals surface area contributed by atoms with Crippen LogP contribution in [0.2, 0.25) is 5.02 Å². The molecule has 0 aliphatic carbocycles. The Morgan fingerprint density at radius 3 is 2.72 bits per heavy atom. The van der Waals surface area contributed by atoms with Gasteiger partial charge in [-0.05, 0) is 19.1 Å². The molecule has 0 aliphatic rings. The Hall–Kier alpha value is -2.08. The largest absolute Gasteiger partial charge is 0.468 e. The second kappa shape index (κ2) is 6.61. The number of nitrogens with zero attached hydrogens (tertiary/aromatic N) is 1. The summed E-state index contributed by atoms with van der Waals surface area (Å²) in [4.78, 5) is 22.1. The van der Waals surface area contributed by atoms with Crippen molar-refractivity contribution in [1.82, 2.24) is 4.98 Å². The summed E-state index contributed by atoms with van der Waals surface area (Å²) in [5, 5.41) is 11.8. The first kappa shape index (κ1) is 14.0. The summed E-state index contributed by atoms with van der Waals surface area (Å²) in [5.41, 5.74) is 0.516. The molecule has 0 radical (unpaired) electrons. The Labute approximate surface area is 108 Å². The molecule has 1 aromatic heterocycles. The monoisotopic (exact) mass is 270 g/mol. The van der Waals surface area contributed by atoms with Crippen LogP contribution in [0.3, 0.4) is 0 Å². The van der Waals surface area contributed by atoms with Crippen molar-refractivity contribution < 1.29 is 14.5 Å². The number of non-ortho nitro benzene ring substituents is 1. The second-order valence-electron chi connectivity index (χ2n) is 3.14. The number of hydrogen-bond acceptors (Lipinski definition) is 4. The topological polar surface area (TPSA) is 85.2 Å². The zero-order chi connectivity index (χ0) is 13.5. The van der Waals surface area contributed by atoms with E-state index in [2.05, 4.69) is 9.72 Å². The summed E-state index contributed by atoms with van der Waals surface area (Å²) >= 11 is 5.83. The minimum Gasteiger partial charge on any atom is -0.468 e. The molecule has 2 aromatic rings. The third kappa shape index (κ3) is 3.21. The molecule has 7 heteroatoms. The quantitative estimate of drug-likeness (QED) is 0.528. The van der Waals surface area contributed by atoms with Gasteiger partial charge in [-0.25, -0.2) is 0 Å². The Balaban J connectivity index is 0.000000280. The van der Waals surface area contributed by atoms with E-state index in [1.54, 1.807) is 19.2 Å². The van der Waals surface area contributed by atoms with Crippen molar-refractivity contribution in [3.05, 3.63) is 39.5 Å². The van der Waals surface area contributed by atoms with Crippen molar-refractivity contribution in [2.75, 3.05) is 6.61 Å². The van der Waals surface area contributed by atoms with Crippen molar-refractivity contribution >= 4 is 34.7 Å². The number of ether oxygens (including phenoxy) is 1. The van der Waals surface area contributed by atoms with E-state index in [1.165, 1.54) is 12.1 Å². The van der Waals surface area contributed by atoms with E-state index in [9.17, 15) is 14.9 Å². The lowest BCUT2D eigenvalue weighted by Crippen LogP contribution is -1.88. The molecule has 1 N–H and O–H groups in total. The second-order valence-corrected chi connectivity index (χ2v) is 3.55. The van der Waals surface area contributed by atoms with Gasteiger partial charge in [0, 0.05) is 17.6 Å². The number of H-pyrrole nitrogens is 1. The van der Waals surface area contributed by atoms with Crippen molar-refractivity contribution in [2.45, 2.75) is 6.92 Å². The molecule has 0 saturated heterocycles. The van der Waals surface area contributed by atoms with Crippen LogP contribution < -0.4 is 0 Å². The number of carbonyl (C=O) groups excluding carboxylic acids is 1. The fraction of sp³-hybridized carbons (Fsp3) is 0.182. The van der Waals surface area contributed by atoms with E-state index in [1.807, 2.05) is 0 Å². The molecule has 0 fully saturated rings. The molecule has 0 bridgehead atoms. The van der Waals surface area contributed by atoms with E-state index < -0.39 is 4.92 Å². The van der Waals surface area contributed by atoms with Gasteiger partial charge in [0.25, 0.3) is 12.2 Å². The SMILES string of the molecule is CCOC=O.O=[N+]([O-])c1ccc(Cl)c2cc[nH]c12. The van der Waals surface area contributed by atoms with Crippen LogP contribution in [0.5, 0.6) is 0 Å². The van der Waals surface area contributed by atoms with Gasteiger partial charge in [0.05, 0.1) is 16.6 Å². The first-order valence-electron chi connectivity index (χ1n) is 5.07. The zero-order valence-electron chi connectivity index (χ0n) is 9.55. The van der Waals surface area contributed by atoms with Gasteiger partial charge >= 0.3 is 0 Å². The van der Waals surface area contributed by atoms with E-state index >= 15 is 0 Å². The lowest BCUT2D eigenvalue weighted by molar-refractivity contribution is -0.383. The third-order valence-corrected chi connectivity index (χ3v) is 2.41. The number of halogens is 1. The number of benzene rings is 1. The molecule has 0 spiro atoms. The standard InChI is InChI=1S/C8H5ClN2O2.C3H6O2/c9-6-1-2-7(11(12)13)8-5(6)3-4-10-8;1-2-5-3-4/h1-4,10H;3H,2H2,1H3. The Bertz CT molecular complexity index is 553. The van der Waals surface area contributed by atoms with Crippen LogP contribution in [0.25, 0.3) is 10.9 Å². The van der Waals surface area contributed by atoms with E-state index in [-0.39, 0.29) is 5.69 Å². The van der Waals surface area contributed by atoms with Crippen LogP contribution in [0.1, 0.15) is 6.92 Å². The molecule has 0 saturated carbocycles. The van der Waals surface area contributed by atoms with E-state index in [0.717, 1.165) is 0 Å². The number of nitro groups is 1. The summed E-state index contributed by atoms with van der Waals surface area (Å²) in [7, 11) is 0. The van der Waals surface area contributed by atoms with Gasteiger partial charge in [0.2, 0.25) is 0 Å². The molecule has 18 heavy (non-hydrogen) atoms. The minimum absolute atomic E-state index is 0.0457. The molecule has 0 aliphatic heterocycles. The minimum atomic E-state index is -0.435. The molecule has 1 heterocycles. The first-order chi connectivity index (χ1) is 8.61. The number of aromatic amines is 1. The molecular formula is C11H11ClN2O4. The zero-order valence-corrected chi connectivity index (χ0v) is 10.3. The molecule has 0 amide bonds. The predicted molar refractivity (Wildman–Crippen MR) is 67.7 cm³/mol. The van der Waals surface area contributed by atoms with E-state index in [0.29, 0.717) is 29.0 Å². The van der Waals surface area contributed by atoms with Crippen LogP contribution in [-0.2, 0) is 9.53 Å². The highest BCUT2D eigenvalue weighted by Gasteiger charge is 2.13. The van der Waals surface area contributed by atoms with Crippen LogP contribution in [-0.4, -0.2) is 23.0 Å². The lowest BCUT2D eigenvalue weighted by Gasteiger charge is -1.95. The first-order valence-corrected chi connectivity index (χ1v) is 5.44. The number of nitrogens with one attached hydrogen (secondary N) is 1. The van der Waals surface area contributed by atoms with Gasteiger partial charge < -0.3 is 9.72 Å². The number of hydrogen-bond donors (Lipinski definition) is 1. The van der Waals surface area contributed by atoms with Crippen LogP contribution >= 0.6 is 11.6 Å². The molecule has 2 rings (SSSR count). The summed E-state index contributed by atoms with van der Waals surface area (Å²) < 4.78 is 4.15. The summed E-state index contributed by atoms with van der Waals surface area (Å²) in [6.07, 6.45) is 1.63. The molecule has 1 aromatic carbocycles. The number of rotatable bonds is 3. The summed E-state index contributed by atoms with van der Waals surface area (Å²) in [5.74, 6) is 0. The molecule has 0 atom stereocenters. The third-order valence-electron chi connectivity index (χ3n) is 2.08. The lowest BCUT2D eigenvalue weighted by atomic mass is 10.2. The highest BCUT2D eigenvalue weighted by atomic mass is 35.5. The Morgan fingerprint density at radius 2 is 2.22 bits per heavy atom. The molecule has 6 nitrogen and oxygen atoms in total. The maximum atomic E-state index is 10.6. The van der Waals surface area contributed by atoms with Gasteiger partial charge in [0.15, 0.2) is 0 Å². The van der Waals surface area contributed by atoms with Crippen molar-refractivity contribution in [3.8, 4) is 0 Å². The summed E-state index contributed by atoms with van der Waals surface area (Å²) in [6.45, 7) is 2.66. The van der Waals surface area contributed by atoms with Gasteiger partial charge in [-0.2, -0.15) is 0 Å². The average molecular weight is 271 g/mol. The van der Waals surface area contributed by atoms with E-state index in [4.69, 9.17) is 11.6 Å². The maximum absolute atomic E-state index is 10.6. The normalized spacial score (nSPS) is 9.44. The van der Waals surface area contributed by atoms with Crippen molar-refractivity contribution in [3.63, 3.8) is 0 Å². The fourth-order valence-corrected chi connectivity index (χ4v) is 1.55. The molecule has 0 unspecified atom stereocenters. The summed E-state index contributed by atoms with van der Waals surface area (Å²) in [6, 6.07) is 4.63. The van der Waals surface area contributed by atoms with Crippen molar-refractivity contribution in [2.24, 2.45) is 0 Å². The van der Waals surface area contributed by atoms with Gasteiger partial charge in [0.1, 0.15) is 5.52 Å². The van der Waals surface area contributed by atoms with Crippen LogP contribution in [0.4, 0.5) is 5.69 Å². The molecular weight excluding hydrogens is 260 g/mol. The van der Waals surface area contributed by atoms with Gasteiger partial charge in [-0.1, -0.05) is 11.6 Å². The number of nitro benzene ring substituents is 1. The maximum Gasteiger partial charge on any atom is 0.293 e. The van der Waals surface area contributed by atoms with Gasteiger partial charge in [-0.3, -0.25) is 14.9 Å². The highest BCUT2D eigenvalue weighted by molar-refractivity contribution is 6.35. The van der Waals surface area contributed by atoms with Crippen LogP contribution in [0, 0.1) is 10.1 Å². The van der Waals surface area contributed by atoms with Gasteiger partial charge in [-0.15, -0.1) is 0 Å². The number of aromatic nitrogens is 1.